The standard InChI is InChI=1S/C17H14OP.C7H7O.Fe/c18-19(17-13-7-8-14-17,15-9-3-1-4-10-15)16-11-5-2-6-12-16;1-6(8)7-4-2-3-5-7;/h1-14H;2-5H,1H3;/q-5;-1;. The van der Waals surface area contributed by atoms with Crippen molar-refractivity contribution in [2.24, 2.45) is 0 Å². The van der Waals surface area contributed by atoms with E-state index in [1.165, 1.54) is 0 Å². The Balaban J connectivity index is 0.000000264. The van der Waals surface area contributed by atoms with Crippen LogP contribution in [0.2, 0.25) is 0 Å². The molecule has 4 heteroatoms. The van der Waals surface area contributed by atoms with Gasteiger partial charge in [-0.3, -0.25) is 0 Å². The van der Waals surface area contributed by atoms with Crippen molar-refractivity contribution in [3.05, 3.63) is 115 Å². The Morgan fingerprint density at radius 1 is 0.786 bits per heavy atom. The van der Waals surface area contributed by atoms with Crippen LogP contribution < -0.4 is 15.9 Å². The van der Waals surface area contributed by atoms with Crippen molar-refractivity contribution in [3.8, 4) is 0 Å². The van der Waals surface area contributed by atoms with Crippen molar-refractivity contribution < 1.29 is 26.4 Å². The first kappa shape index (κ1) is 21.9. The molecule has 0 heterocycles. The number of carbonyl (C=O) groups is 1. The normalized spacial score (nSPS) is 10.3. The zero-order valence-corrected chi connectivity index (χ0v) is 17.5. The van der Waals surface area contributed by atoms with Crippen LogP contribution >= 0.6 is 7.14 Å². The SMILES string of the molecule is CC(=O)[c-]1cccc1.O=P(c1ccccc1)(c1ccccc1)[c-]1[cH-][cH-][cH-][cH-]1.[Fe]. The number of rotatable bonds is 4. The van der Waals surface area contributed by atoms with Gasteiger partial charge in [0.2, 0.25) is 0 Å². The van der Waals surface area contributed by atoms with Crippen molar-refractivity contribution in [1.29, 1.82) is 0 Å². The molecular formula is C24H21FeO2P-6. The van der Waals surface area contributed by atoms with Gasteiger partial charge in [-0.1, -0.05) is 66.2 Å². The molecule has 0 aromatic heterocycles. The van der Waals surface area contributed by atoms with E-state index in [4.69, 9.17) is 0 Å². The molecule has 0 saturated carbocycles. The second kappa shape index (κ2) is 10.2. The minimum absolute atomic E-state index is 0. The molecule has 0 amide bonds. The van der Waals surface area contributed by atoms with Crippen molar-refractivity contribution in [2.75, 3.05) is 0 Å². The summed E-state index contributed by atoms with van der Waals surface area (Å²) in [5, 5.41) is 2.66. The molecular weight excluding hydrogens is 407 g/mol. The summed E-state index contributed by atoms with van der Waals surface area (Å²) >= 11 is 0. The maximum Gasteiger partial charge on any atom is 0.105 e. The number of hydrogen-bond acceptors (Lipinski definition) is 2. The van der Waals surface area contributed by atoms with E-state index in [-0.39, 0.29) is 22.9 Å². The molecule has 0 fully saturated rings. The minimum Gasteiger partial charge on any atom is -0.747 e. The fourth-order valence-corrected chi connectivity index (χ4v) is 5.58. The molecule has 0 radical (unpaired) electrons. The third-order valence-corrected chi connectivity index (χ3v) is 7.39. The molecule has 0 saturated heterocycles. The Hall–Kier alpha value is -2.44. The summed E-state index contributed by atoms with van der Waals surface area (Å²) in [7, 11) is -2.73. The summed E-state index contributed by atoms with van der Waals surface area (Å²) in [6.45, 7) is 1.56. The van der Waals surface area contributed by atoms with E-state index >= 15 is 0 Å². The number of hydrogen-bond donors (Lipinski definition) is 0. The van der Waals surface area contributed by atoms with Crippen LogP contribution in [0.15, 0.2) is 109 Å². The molecule has 0 unspecified atom stereocenters. The van der Waals surface area contributed by atoms with Crippen molar-refractivity contribution in [1.82, 2.24) is 0 Å². The second-order valence-electron chi connectivity index (χ2n) is 6.15. The Morgan fingerprint density at radius 3 is 1.57 bits per heavy atom. The minimum atomic E-state index is -2.73. The van der Waals surface area contributed by atoms with Crippen LogP contribution in [0.3, 0.4) is 0 Å². The van der Waals surface area contributed by atoms with E-state index in [1.807, 2.05) is 109 Å². The number of ketones is 1. The molecule has 0 aliphatic carbocycles. The van der Waals surface area contributed by atoms with Gasteiger partial charge in [-0.15, -0.1) is 0 Å². The zero-order valence-electron chi connectivity index (χ0n) is 15.5. The van der Waals surface area contributed by atoms with Gasteiger partial charge in [0, 0.05) is 17.1 Å². The molecule has 0 bridgehead atoms. The third kappa shape index (κ3) is 4.88. The van der Waals surface area contributed by atoms with E-state index in [9.17, 15) is 9.36 Å². The van der Waals surface area contributed by atoms with Crippen molar-refractivity contribution >= 4 is 28.8 Å². The van der Waals surface area contributed by atoms with Crippen LogP contribution in [0.4, 0.5) is 0 Å². The molecule has 28 heavy (non-hydrogen) atoms. The Bertz CT molecular complexity index is 962. The van der Waals surface area contributed by atoms with Crippen LogP contribution in [-0.4, -0.2) is 5.78 Å². The molecule has 0 spiro atoms. The maximum atomic E-state index is 13.7. The molecule has 4 aromatic carbocycles. The molecule has 4 aromatic rings. The van der Waals surface area contributed by atoms with Crippen LogP contribution in [-0.2, 0) is 21.6 Å². The van der Waals surface area contributed by atoms with Crippen LogP contribution in [0, 0.1) is 0 Å². The number of Topliss-reactive ketones (excluding diaryl/α,β-unsaturated/α-hetero) is 1. The van der Waals surface area contributed by atoms with Gasteiger partial charge < -0.3 is 38.9 Å². The van der Waals surface area contributed by atoms with Gasteiger partial charge >= 0.3 is 0 Å². The first-order chi connectivity index (χ1) is 13.1. The van der Waals surface area contributed by atoms with Gasteiger partial charge in [0.15, 0.2) is 0 Å². The van der Waals surface area contributed by atoms with Gasteiger partial charge in [0.1, 0.15) is 5.78 Å². The van der Waals surface area contributed by atoms with Crippen molar-refractivity contribution in [2.45, 2.75) is 6.92 Å². The first-order valence-electron chi connectivity index (χ1n) is 8.78. The molecule has 2 nitrogen and oxygen atoms in total. The predicted octanol–water partition coefficient (Wildman–Crippen LogP) is 4.65. The Kier molecular flexibility index (Phi) is 7.96. The van der Waals surface area contributed by atoms with E-state index in [0.717, 1.165) is 21.5 Å². The van der Waals surface area contributed by atoms with E-state index in [1.54, 1.807) is 6.92 Å². The average molecular weight is 428 g/mol. The summed E-state index contributed by atoms with van der Waals surface area (Å²) in [4.78, 5) is 10.5. The number of carbonyl (C=O) groups excluding carboxylic acids is 1. The molecule has 0 atom stereocenters. The van der Waals surface area contributed by atoms with Crippen LogP contribution in [0.25, 0.3) is 0 Å². The Labute approximate surface area is 176 Å². The summed E-state index contributed by atoms with van der Waals surface area (Å²) in [6, 6.07) is 34.5. The van der Waals surface area contributed by atoms with Gasteiger partial charge in [0.05, 0.1) is 0 Å². The smallest absolute Gasteiger partial charge is 0.105 e. The topological polar surface area (TPSA) is 34.1 Å². The molecule has 0 aliphatic heterocycles. The molecule has 4 rings (SSSR count). The van der Waals surface area contributed by atoms with Crippen molar-refractivity contribution in [3.63, 3.8) is 0 Å². The first-order valence-corrected chi connectivity index (χ1v) is 10.5. The fraction of sp³-hybridized carbons (Fsp3) is 0.0417. The Morgan fingerprint density at radius 2 is 1.21 bits per heavy atom. The van der Waals surface area contributed by atoms with Gasteiger partial charge in [0.25, 0.3) is 0 Å². The predicted molar refractivity (Wildman–Crippen MR) is 113 cm³/mol. The number of benzene rings is 2. The molecule has 0 N–H and O–H groups in total. The summed E-state index contributed by atoms with van der Waals surface area (Å²) in [5.74, 6) is 0.134. The van der Waals surface area contributed by atoms with Crippen LogP contribution in [0.5, 0.6) is 0 Å². The fourth-order valence-electron chi connectivity index (χ4n) is 2.91. The van der Waals surface area contributed by atoms with Crippen LogP contribution in [0.1, 0.15) is 17.3 Å². The summed E-state index contributed by atoms with van der Waals surface area (Å²) in [5.41, 5.74) is 0.796. The van der Waals surface area contributed by atoms with Gasteiger partial charge in [-0.05, 0) is 24.7 Å². The summed E-state index contributed by atoms with van der Waals surface area (Å²) < 4.78 is 13.7. The van der Waals surface area contributed by atoms with Gasteiger partial charge in [-0.2, -0.15) is 12.1 Å². The molecule has 0 aliphatic rings. The van der Waals surface area contributed by atoms with E-state index < -0.39 is 7.14 Å². The second-order valence-corrected chi connectivity index (χ2v) is 8.92. The molecule has 148 valence electrons. The average Bonchev–Trinajstić information content (AvgIpc) is 3.43. The third-order valence-electron chi connectivity index (χ3n) is 4.32. The maximum absolute atomic E-state index is 13.7. The quantitative estimate of drug-likeness (QED) is 0.205. The monoisotopic (exact) mass is 428 g/mol. The summed E-state index contributed by atoms with van der Waals surface area (Å²) in [6.07, 6.45) is 0. The zero-order chi connectivity index (χ0) is 19.1. The van der Waals surface area contributed by atoms with Gasteiger partial charge in [-0.25, -0.2) is 12.1 Å². The largest absolute Gasteiger partial charge is 0.747 e. The van der Waals surface area contributed by atoms with E-state index in [2.05, 4.69) is 0 Å². The van der Waals surface area contributed by atoms with E-state index in [0.29, 0.717) is 0 Å².